The van der Waals surface area contributed by atoms with Crippen molar-refractivity contribution in [3.05, 3.63) is 36.0 Å². The van der Waals surface area contributed by atoms with E-state index in [0.717, 1.165) is 37.3 Å². The monoisotopic (exact) mass is 330 g/mol. The highest BCUT2D eigenvalue weighted by Crippen LogP contribution is 2.21. The second-order valence-corrected chi connectivity index (χ2v) is 7.36. The maximum Gasteiger partial charge on any atom is 0.193 e. The Balaban J connectivity index is 1.54. The minimum atomic E-state index is 0.732. The van der Waals surface area contributed by atoms with E-state index >= 15 is 0 Å². The van der Waals surface area contributed by atoms with Gasteiger partial charge in [0.15, 0.2) is 5.96 Å². The Morgan fingerprint density at radius 3 is 3.09 bits per heavy atom. The standard InChI is InChI=1S/C18H26N4S/c1-3-16-13-22(10-11-23-16)18(19-2)20-9-8-15-12-14-6-4-5-7-17(14)21-15/h4-7,12,16,21H,3,8-11,13H2,1-2H3,(H,19,20). The first-order valence-corrected chi connectivity index (χ1v) is 9.49. The van der Waals surface area contributed by atoms with Crippen LogP contribution in [0, 0.1) is 0 Å². The van der Waals surface area contributed by atoms with Gasteiger partial charge in [0.1, 0.15) is 0 Å². The molecule has 0 radical (unpaired) electrons. The molecule has 23 heavy (non-hydrogen) atoms. The predicted octanol–water partition coefficient (Wildman–Crippen LogP) is 3.11. The van der Waals surface area contributed by atoms with Gasteiger partial charge in [-0.1, -0.05) is 25.1 Å². The molecule has 1 atom stereocenters. The van der Waals surface area contributed by atoms with E-state index in [9.17, 15) is 0 Å². The van der Waals surface area contributed by atoms with Gasteiger partial charge >= 0.3 is 0 Å². The van der Waals surface area contributed by atoms with Gasteiger partial charge in [-0.3, -0.25) is 4.99 Å². The van der Waals surface area contributed by atoms with Crippen LogP contribution in [0.5, 0.6) is 0 Å². The van der Waals surface area contributed by atoms with Crippen LogP contribution in [0.25, 0.3) is 10.9 Å². The van der Waals surface area contributed by atoms with Crippen molar-refractivity contribution in [1.82, 2.24) is 15.2 Å². The summed E-state index contributed by atoms with van der Waals surface area (Å²) in [5.41, 5.74) is 2.49. The first kappa shape index (κ1) is 16.2. The molecule has 2 heterocycles. The SMILES string of the molecule is CCC1CN(C(=NC)NCCc2cc3ccccc3[nH]2)CCS1. The molecule has 124 valence electrons. The Morgan fingerprint density at radius 2 is 2.30 bits per heavy atom. The highest BCUT2D eigenvalue weighted by molar-refractivity contribution is 8.00. The first-order valence-electron chi connectivity index (χ1n) is 8.44. The largest absolute Gasteiger partial charge is 0.358 e. The number of nitrogens with one attached hydrogen (secondary N) is 2. The maximum absolute atomic E-state index is 4.47. The third-order valence-corrected chi connectivity index (χ3v) is 5.74. The van der Waals surface area contributed by atoms with Crippen LogP contribution in [0.3, 0.4) is 0 Å². The highest BCUT2D eigenvalue weighted by atomic mass is 32.2. The van der Waals surface area contributed by atoms with Crippen LogP contribution >= 0.6 is 11.8 Å². The number of aliphatic imine (C=N–C) groups is 1. The van der Waals surface area contributed by atoms with Gasteiger partial charge in [-0.25, -0.2) is 0 Å². The molecule has 1 aromatic heterocycles. The minimum absolute atomic E-state index is 0.732. The van der Waals surface area contributed by atoms with Crippen LogP contribution in [0.2, 0.25) is 0 Å². The van der Waals surface area contributed by atoms with E-state index in [1.165, 1.54) is 28.8 Å². The number of aromatic amines is 1. The lowest BCUT2D eigenvalue weighted by atomic mass is 10.2. The van der Waals surface area contributed by atoms with E-state index < -0.39 is 0 Å². The summed E-state index contributed by atoms with van der Waals surface area (Å²) in [5.74, 6) is 2.24. The van der Waals surface area contributed by atoms with Gasteiger partial charge in [0.05, 0.1) is 0 Å². The van der Waals surface area contributed by atoms with Crippen molar-refractivity contribution in [3.8, 4) is 0 Å². The molecule has 0 spiro atoms. The predicted molar refractivity (Wildman–Crippen MR) is 101 cm³/mol. The Morgan fingerprint density at radius 1 is 1.43 bits per heavy atom. The quantitative estimate of drug-likeness (QED) is 0.669. The summed E-state index contributed by atoms with van der Waals surface area (Å²) in [6, 6.07) is 10.7. The highest BCUT2D eigenvalue weighted by Gasteiger charge is 2.21. The van der Waals surface area contributed by atoms with E-state index in [0.29, 0.717) is 0 Å². The fraction of sp³-hybridized carbons (Fsp3) is 0.500. The van der Waals surface area contributed by atoms with Crippen LogP contribution in [0.4, 0.5) is 0 Å². The van der Waals surface area contributed by atoms with E-state index in [4.69, 9.17) is 0 Å². The molecule has 1 saturated heterocycles. The second-order valence-electron chi connectivity index (χ2n) is 5.95. The number of guanidine groups is 1. The summed E-state index contributed by atoms with van der Waals surface area (Å²) in [4.78, 5) is 10.4. The van der Waals surface area contributed by atoms with E-state index in [1.807, 2.05) is 7.05 Å². The van der Waals surface area contributed by atoms with Gasteiger partial charge < -0.3 is 15.2 Å². The molecule has 1 aliphatic rings. The van der Waals surface area contributed by atoms with Gasteiger partial charge in [-0.15, -0.1) is 0 Å². The molecule has 1 aliphatic heterocycles. The van der Waals surface area contributed by atoms with Crippen molar-refractivity contribution < 1.29 is 0 Å². The van der Waals surface area contributed by atoms with Crippen LogP contribution in [-0.4, -0.2) is 53.5 Å². The normalized spacial score (nSPS) is 19.3. The number of benzene rings is 1. The molecule has 2 aromatic rings. The molecule has 3 rings (SSSR count). The van der Waals surface area contributed by atoms with Gasteiger partial charge in [0, 0.05) is 55.3 Å². The summed E-state index contributed by atoms with van der Waals surface area (Å²) >= 11 is 2.09. The summed E-state index contributed by atoms with van der Waals surface area (Å²) in [6.07, 6.45) is 2.21. The lowest BCUT2D eigenvalue weighted by molar-refractivity contribution is 0.408. The van der Waals surface area contributed by atoms with Crippen LogP contribution < -0.4 is 5.32 Å². The zero-order valence-corrected chi connectivity index (χ0v) is 14.8. The molecule has 1 unspecified atom stereocenters. The molecule has 0 aliphatic carbocycles. The average molecular weight is 331 g/mol. The van der Waals surface area contributed by atoms with Crippen molar-refractivity contribution >= 4 is 28.6 Å². The third kappa shape index (κ3) is 4.02. The summed E-state index contributed by atoms with van der Waals surface area (Å²) in [6.45, 7) is 5.37. The smallest absolute Gasteiger partial charge is 0.193 e. The fourth-order valence-electron chi connectivity index (χ4n) is 3.07. The van der Waals surface area contributed by atoms with Crippen molar-refractivity contribution in [2.75, 3.05) is 32.4 Å². The number of para-hydroxylation sites is 1. The third-order valence-electron chi connectivity index (χ3n) is 4.37. The zero-order valence-electron chi connectivity index (χ0n) is 14.0. The average Bonchev–Trinajstić information content (AvgIpc) is 3.01. The van der Waals surface area contributed by atoms with Gasteiger partial charge in [-0.2, -0.15) is 11.8 Å². The fourth-order valence-corrected chi connectivity index (χ4v) is 4.25. The number of rotatable bonds is 4. The molecule has 2 N–H and O–H groups in total. The van der Waals surface area contributed by atoms with Gasteiger partial charge in [-0.05, 0) is 23.9 Å². The molecular weight excluding hydrogens is 304 g/mol. The Labute approximate surface area is 142 Å². The van der Waals surface area contributed by atoms with Crippen LogP contribution in [0.1, 0.15) is 19.0 Å². The number of aromatic nitrogens is 1. The topological polar surface area (TPSA) is 43.4 Å². The molecular formula is C18H26N4S. The number of hydrogen-bond acceptors (Lipinski definition) is 2. The Bertz CT molecular complexity index is 631. The van der Waals surface area contributed by atoms with Gasteiger partial charge in [0.25, 0.3) is 0 Å². The number of H-pyrrole nitrogens is 1. The zero-order chi connectivity index (χ0) is 16.1. The minimum Gasteiger partial charge on any atom is -0.358 e. The number of thioether (sulfide) groups is 1. The molecule has 1 fully saturated rings. The molecule has 0 amide bonds. The summed E-state index contributed by atoms with van der Waals surface area (Å²) in [5, 5.41) is 5.54. The van der Waals surface area contributed by atoms with Crippen LogP contribution in [-0.2, 0) is 6.42 Å². The summed E-state index contributed by atoms with van der Waals surface area (Å²) < 4.78 is 0. The first-order chi connectivity index (χ1) is 11.3. The molecule has 0 bridgehead atoms. The number of hydrogen-bond donors (Lipinski definition) is 2. The Kier molecular flexibility index (Phi) is 5.49. The number of fused-ring (bicyclic) bond motifs is 1. The number of nitrogens with zero attached hydrogens (tertiary/aromatic N) is 2. The maximum atomic E-state index is 4.47. The molecule has 4 nitrogen and oxygen atoms in total. The lowest BCUT2D eigenvalue weighted by Crippen LogP contribution is -2.48. The van der Waals surface area contributed by atoms with E-state index in [-0.39, 0.29) is 0 Å². The van der Waals surface area contributed by atoms with Crippen molar-refractivity contribution in [3.63, 3.8) is 0 Å². The second kappa shape index (κ2) is 7.77. The van der Waals surface area contributed by atoms with E-state index in [2.05, 4.69) is 69.2 Å². The molecule has 1 aromatic carbocycles. The van der Waals surface area contributed by atoms with Crippen molar-refractivity contribution in [1.29, 1.82) is 0 Å². The Hall–Kier alpha value is -1.62. The molecule has 0 saturated carbocycles. The van der Waals surface area contributed by atoms with Crippen molar-refractivity contribution in [2.24, 2.45) is 4.99 Å². The van der Waals surface area contributed by atoms with Crippen LogP contribution in [0.15, 0.2) is 35.3 Å². The molecule has 5 heteroatoms. The summed E-state index contributed by atoms with van der Waals surface area (Å²) in [7, 11) is 1.88. The van der Waals surface area contributed by atoms with Crippen molar-refractivity contribution in [2.45, 2.75) is 25.0 Å². The van der Waals surface area contributed by atoms with Gasteiger partial charge in [0.2, 0.25) is 0 Å². The van der Waals surface area contributed by atoms with E-state index in [1.54, 1.807) is 0 Å². The lowest BCUT2D eigenvalue weighted by Gasteiger charge is -2.34.